The van der Waals surface area contributed by atoms with Crippen LogP contribution in [0, 0.1) is 0 Å². The molecule has 1 aromatic carbocycles. The number of nitrogens with one attached hydrogen (secondary N) is 2. The smallest absolute Gasteiger partial charge is 0.291 e. The van der Waals surface area contributed by atoms with E-state index in [4.69, 9.17) is 0 Å². The molecule has 0 aliphatic carbocycles. The lowest BCUT2D eigenvalue weighted by Crippen LogP contribution is -2.42. The second-order valence-electron chi connectivity index (χ2n) is 4.92. The molecule has 0 radical (unpaired) electrons. The number of halogens is 1. The predicted molar refractivity (Wildman–Crippen MR) is 89.4 cm³/mol. The lowest BCUT2D eigenvalue weighted by atomic mass is 10.3. The van der Waals surface area contributed by atoms with E-state index in [-0.39, 0.29) is 5.69 Å². The molecule has 2 aromatic heterocycles. The van der Waals surface area contributed by atoms with Gasteiger partial charge in [-0.25, -0.2) is 0 Å². The van der Waals surface area contributed by atoms with Gasteiger partial charge in [-0.2, -0.15) is 9.90 Å². The lowest BCUT2D eigenvalue weighted by molar-refractivity contribution is 0.0839. The Hall–Kier alpha value is -2.94. The van der Waals surface area contributed by atoms with Crippen LogP contribution in [0.2, 0.25) is 0 Å². The molecule has 9 heteroatoms. The third kappa shape index (κ3) is 3.35. The summed E-state index contributed by atoms with van der Waals surface area (Å²) in [4.78, 5) is 25.4. The van der Waals surface area contributed by atoms with Crippen molar-refractivity contribution in [2.75, 3.05) is 0 Å². The largest absolute Gasteiger partial charge is 0.345 e. The Morgan fingerprint density at radius 2 is 1.83 bits per heavy atom. The van der Waals surface area contributed by atoms with Crippen molar-refractivity contribution < 1.29 is 9.59 Å². The van der Waals surface area contributed by atoms with E-state index in [0.717, 1.165) is 10.2 Å². The predicted octanol–water partition coefficient (Wildman–Crippen LogP) is 1.44. The molecule has 2 N–H and O–H groups in total. The standard InChI is InChI=1S/C15H13BrN6O2/c1-21-9-10(16)7-13(21)15(24)19-18-14(23)12-8-17-22(20-12)11-5-3-2-4-6-11/h2-9H,1H3,(H,18,23)(H,19,24). The molecule has 0 fully saturated rings. The van der Waals surface area contributed by atoms with Crippen LogP contribution in [0.15, 0.2) is 53.3 Å². The van der Waals surface area contributed by atoms with Crippen LogP contribution in [0.5, 0.6) is 0 Å². The highest BCUT2D eigenvalue weighted by Gasteiger charge is 2.15. The highest BCUT2D eigenvalue weighted by Crippen LogP contribution is 2.13. The van der Waals surface area contributed by atoms with Crippen molar-refractivity contribution in [3.63, 3.8) is 0 Å². The number of amides is 2. The summed E-state index contributed by atoms with van der Waals surface area (Å²) in [5, 5.41) is 8.11. The third-order valence-corrected chi connectivity index (χ3v) is 3.64. The van der Waals surface area contributed by atoms with Crippen LogP contribution >= 0.6 is 15.9 Å². The van der Waals surface area contributed by atoms with Crippen LogP contribution < -0.4 is 10.9 Å². The maximum absolute atomic E-state index is 12.1. The zero-order chi connectivity index (χ0) is 17.1. The van der Waals surface area contributed by atoms with Crippen molar-refractivity contribution in [2.45, 2.75) is 0 Å². The summed E-state index contributed by atoms with van der Waals surface area (Å²) in [7, 11) is 1.73. The third-order valence-electron chi connectivity index (χ3n) is 3.21. The lowest BCUT2D eigenvalue weighted by Gasteiger charge is -2.06. The quantitative estimate of drug-likeness (QED) is 0.663. The molecule has 3 aromatic rings. The first-order valence-electron chi connectivity index (χ1n) is 6.95. The number of aromatic nitrogens is 4. The van der Waals surface area contributed by atoms with Crippen LogP contribution in [-0.2, 0) is 7.05 Å². The highest BCUT2D eigenvalue weighted by molar-refractivity contribution is 9.10. The van der Waals surface area contributed by atoms with Gasteiger partial charge in [0.1, 0.15) is 5.69 Å². The second-order valence-corrected chi connectivity index (χ2v) is 5.83. The number of rotatable bonds is 3. The highest BCUT2D eigenvalue weighted by atomic mass is 79.9. The Labute approximate surface area is 145 Å². The molecule has 2 amide bonds. The van der Waals surface area contributed by atoms with E-state index in [0.29, 0.717) is 5.69 Å². The van der Waals surface area contributed by atoms with E-state index in [1.807, 2.05) is 30.3 Å². The fraction of sp³-hybridized carbons (Fsp3) is 0.0667. The zero-order valence-corrected chi connectivity index (χ0v) is 14.2. The van der Waals surface area contributed by atoms with E-state index in [2.05, 4.69) is 37.0 Å². The average Bonchev–Trinajstić information content (AvgIpc) is 3.20. The van der Waals surface area contributed by atoms with Crippen molar-refractivity contribution in [3.05, 3.63) is 64.7 Å². The fourth-order valence-electron chi connectivity index (χ4n) is 2.04. The van der Waals surface area contributed by atoms with Crippen LogP contribution in [0.1, 0.15) is 21.0 Å². The zero-order valence-electron chi connectivity index (χ0n) is 12.6. The average molecular weight is 389 g/mol. The summed E-state index contributed by atoms with van der Waals surface area (Å²) in [5.74, 6) is -0.995. The van der Waals surface area contributed by atoms with Crippen molar-refractivity contribution in [1.29, 1.82) is 0 Å². The molecule has 0 aliphatic heterocycles. The van der Waals surface area contributed by atoms with Crippen LogP contribution in [0.25, 0.3) is 5.69 Å². The van der Waals surface area contributed by atoms with Gasteiger partial charge >= 0.3 is 0 Å². The number of benzene rings is 1. The molecule has 0 atom stereocenters. The number of hydrogen-bond donors (Lipinski definition) is 2. The number of hydrogen-bond acceptors (Lipinski definition) is 4. The first-order valence-corrected chi connectivity index (χ1v) is 7.74. The van der Waals surface area contributed by atoms with E-state index in [9.17, 15) is 9.59 Å². The topological polar surface area (TPSA) is 93.8 Å². The molecule has 122 valence electrons. The number of carbonyl (C=O) groups is 2. The van der Waals surface area contributed by atoms with E-state index in [1.165, 1.54) is 11.0 Å². The molecule has 2 heterocycles. The second kappa shape index (κ2) is 6.67. The Kier molecular flexibility index (Phi) is 4.43. The van der Waals surface area contributed by atoms with E-state index < -0.39 is 11.8 Å². The van der Waals surface area contributed by atoms with E-state index in [1.54, 1.807) is 23.9 Å². The molecule has 0 bridgehead atoms. The first kappa shape index (κ1) is 15.9. The Morgan fingerprint density at radius 1 is 1.12 bits per heavy atom. The summed E-state index contributed by atoms with van der Waals surface area (Å²) < 4.78 is 2.41. The van der Waals surface area contributed by atoms with Crippen molar-refractivity contribution in [1.82, 2.24) is 30.4 Å². The van der Waals surface area contributed by atoms with Gasteiger partial charge in [0.25, 0.3) is 11.8 Å². The molecule has 0 aliphatic rings. The Bertz CT molecular complexity index is 887. The van der Waals surface area contributed by atoms with Gasteiger partial charge in [0.15, 0.2) is 5.69 Å². The van der Waals surface area contributed by atoms with Gasteiger partial charge in [-0.3, -0.25) is 20.4 Å². The van der Waals surface area contributed by atoms with Gasteiger partial charge < -0.3 is 4.57 Å². The molecule has 3 rings (SSSR count). The van der Waals surface area contributed by atoms with Crippen molar-refractivity contribution in [3.8, 4) is 5.69 Å². The minimum Gasteiger partial charge on any atom is -0.345 e. The number of carbonyl (C=O) groups excluding carboxylic acids is 2. The molecular weight excluding hydrogens is 376 g/mol. The normalized spacial score (nSPS) is 10.4. The first-order chi connectivity index (χ1) is 11.5. The fourth-order valence-corrected chi connectivity index (χ4v) is 2.57. The minimum atomic E-state index is -0.557. The van der Waals surface area contributed by atoms with Crippen molar-refractivity contribution in [2.24, 2.45) is 7.05 Å². The van der Waals surface area contributed by atoms with Gasteiger partial charge in [0.05, 0.1) is 11.9 Å². The van der Waals surface area contributed by atoms with Crippen LogP contribution in [-0.4, -0.2) is 31.4 Å². The number of para-hydroxylation sites is 1. The van der Waals surface area contributed by atoms with Gasteiger partial charge in [0.2, 0.25) is 0 Å². The summed E-state index contributed by atoms with van der Waals surface area (Å²) >= 11 is 3.28. The molecule has 0 unspecified atom stereocenters. The molecule has 8 nitrogen and oxygen atoms in total. The van der Waals surface area contributed by atoms with Crippen LogP contribution in [0.4, 0.5) is 0 Å². The summed E-state index contributed by atoms with van der Waals surface area (Å²) in [6, 6.07) is 10.8. The Balaban J connectivity index is 1.64. The molecule has 24 heavy (non-hydrogen) atoms. The van der Waals surface area contributed by atoms with E-state index >= 15 is 0 Å². The van der Waals surface area contributed by atoms with Gasteiger partial charge in [-0.15, -0.1) is 5.10 Å². The van der Waals surface area contributed by atoms with Crippen LogP contribution in [0.3, 0.4) is 0 Å². The number of aryl methyl sites for hydroxylation is 1. The maximum Gasteiger partial charge on any atom is 0.291 e. The molecule has 0 saturated carbocycles. The minimum absolute atomic E-state index is 0.0900. The van der Waals surface area contributed by atoms with Crippen molar-refractivity contribution >= 4 is 27.7 Å². The van der Waals surface area contributed by atoms with Gasteiger partial charge in [-0.1, -0.05) is 18.2 Å². The summed E-state index contributed by atoms with van der Waals surface area (Å²) in [6.45, 7) is 0. The van der Waals surface area contributed by atoms with Gasteiger partial charge in [-0.05, 0) is 34.1 Å². The number of hydrazine groups is 1. The molecule has 0 spiro atoms. The number of nitrogens with zero attached hydrogens (tertiary/aromatic N) is 4. The maximum atomic E-state index is 12.1. The molecular formula is C15H13BrN6O2. The Morgan fingerprint density at radius 3 is 2.50 bits per heavy atom. The summed E-state index contributed by atoms with van der Waals surface area (Å²) in [6.07, 6.45) is 3.07. The SMILES string of the molecule is Cn1cc(Br)cc1C(=O)NNC(=O)c1cnn(-c2ccccc2)n1. The molecule has 0 saturated heterocycles. The van der Waals surface area contributed by atoms with Gasteiger partial charge in [0, 0.05) is 17.7 Å². The summed E-state index contributed by atoms with van der Waals surface area (Å²) in [5.41, 5.74) is 5.88. The monoisotopic (exact) mass is 388 g/mol.